The van der Waals surface area contributed by atoms with Gasteiger partial charge in [-0.25, -0.2) is 4.98 Å². The number of nitrogens with two attached hydrogens (primary N) is 1. The number of benzene rings is 1. The second-order valence-corrected chi connectivity index (χ2v) is 4.04. The van der Waals surface area contributed by atoms with Crippen LogP contribution < -0.4 is 5.73 Å². The quantitative estimate of drug-likeness (QED) is 0.852. The fourth-order valence-electron chi connectivity index (χ4n) is 1.79. The molecule has 0 amide bonds. The standard InChI is InChI=1S/C13H17N3/c1-10-15-12(13(14)16(10)2)9-8-11-6-4-3-5-7-11/h3-7H,8-9,14H2,1-2H3. The van der Waals surface area contributed by atoms with Gasteiger partial charge in [0, 0.05) is 7.05 Å². The Kier molecular flexibility index (Phi) is 2.95. The summed E-state index contributed by atoms with van der Waals surface area (Å²) >= 11 is 0. The molecule has 0 unspecified atom stereocenters. The number of anilines is 1. The second-order valence-electron chi connectivity index (χ2n) is 4.04. The Balaban J connectivity index is 2.08. The fourth-order valence-corrected chi connectivity index (χ4v) is 1.79. The molecule has 1 aromatic heterocycles. The molecule has 0 bridgehead atoms. The molecule has 0 aliphatic heterocycles. The molecule has 1 heterocycles. The van der Waals surface area contributed by atoms with Crippen LogP contribution in [0.3, 0.4) is 0 Å². The molecule has 0 aliphatic carbocycles. The van der Waals surface area contributed by atoms with E-state index >= 15 is 0 Å². The summed E-state index contributed by atoms with van der Waals surface area (Å²) in [5.74, 6) is 1.76. The van der Waals surface area contributed by atoms with Crippen molar-refractivity contribution in [2.75, 3.05) is 5.73 Å². The van der Waals surface area contributed by atoms with E-state index in [9.17, 15) is 0 Å². The third kappa shape index (κ3) is 2.08. The van der Waals surface area contributed by atoms with Crippen LogP contribution in [0, 0.1) is 6.92 Å². The van der Waals surface area contributed by atoms with Crippen molar-refractivity contribution in [1.29, 1.82) is 0 Å². The van der Waals surface area contributed by atoms with E-state index in [0.717, 1.165) is 30.2 Å². The normalized spacial score (nSPS) is 10.6. The molecule has 0 radical (unpaired) electrons. The van der Waals surface area contributed by atoms with Crippen molar-refractivity contribution in [3.8, 4) is 0 Å². The lowest BCUT2D eigenvalue weighted by Gasteiger charge is -2.01. The van der Waals surface area contributed by atoms with Gasteiger partial charge < -0.3 is 10.3 Å². The number of hydrogen-bond acceptors (Lipinski definition) is 2. The maximum atomic E-state index is 5.97. The third-order valence-electron chi connectivity index (χ3n) is 2.93. The maximum absolute atomic E-state index is 5.97. The first kappa shape index (κ1) is 10.7. The topological polar surface area (TPSA) is 43.8 Å². The summed E-state index contributed by atoms with van der Waals surface area (Å²) in [5.41, 5.74) is 8.30. The number of rotatable bonds is 3. The van der Waals surface area contributed by atoms with Crippen molar-refractivity contribution >= 4 is 5.82 Å². The van der Waals surface area contributed by atoms with Gasteiger partial charge >= 0.3 is 0 Å². The van der Waals surface area contributed by atoms with Crippen LogP contribution in [0.25, 0.3) is 0 Å². The summed E-state index contributed by atoms with van der Waals surface area (Å²) in [5, 5.41) is 0. The first-order valence-corrected chi connectivity index (χ1v) is 5.50. The predicted molar refractivity (Wildman–Crippen MR) is 66.2 cm³/mol. The van der Waals surface area contributed by atoms with E-state index in [0.29, 0.717) is 0 Å². The van der Waals surface area contributed by atoms with Gasteiger partial charge in [0.2, 0.25) is 0 Å². The first-order chi connectivity index (χ1) is 7.68. The predicted octanol–water partition coefficient (Wildman–Crippen LogP) is 2.10. The number of imidazole rings is 1. The molecule has 1 aromatic carbocycles. The SMILES string of the molecule is Cc1nc(CCc2ccccc2)c(N)n1C. The van der Waals surface area contributed by atoms with Gasteiger partial charge in [0.25, 0.3) is 0 Å². The van der Waals surface area contributed by atoms with E-state index in [1.807, 2.05) is 24.6 Å². The summed E-state index contributed by atoms with van der Waals surface area (Å²) in [4.78, 5) is 4.46. The number of nitrogens with zero attached hydrogens (tertiary/aromatic N) is 2. The van der Waals surface area contributed by atoms with Crippen LogP contribution in [-0.4, -0.2) is 9.55 Å². The molecule has 0 saturated heterocycles. The van der Waals surface area contributed by atoms with Crippen LogP contribution in [0.1, 0.15) is 17.1 Å². The Morgan fingerprint density at radius 2 is 1.88 bits per heavy atom. The minimum absolute atomic E-state index is 0.786. The fraction of sp³-hybridized carbons (Fsp3) is 0.308. The smallest absolute Gasteiger partial charge is 0.126 e. The van der Waals surface area contributed by atoms with Gasteiger partial charge in [-0.3, -0.25) is 0 Å². The molecule has 2 aromatic rings. The third-order valence-corrected chi connectivity index (χ3v) is 2.93. The van der Waals surface area contributed by atoms with Crippen LogP contribution in [0.5, 0.6) is 0 Å². The minimum atomic E-state index is 0.786. The van der Waals surface area contributed by atoms with Crippen LogP contribution >= 0.6 is 0 Å². The van der Waals surface area contributed by atoms with Gasteiger partial charge in [-0.1, -0.05) is 30.3 Å². The highest BCUT2D eigenvalue weighted by atomic mass is 15.1. The molecule has 0 atom stereocenters. The zero-order valence-electron chi connectivity index (χ0n) is 9.77. The van der Waals surface area contributed by atoms with Crippen molar-refractivity contribution < 1.29 is 0 Å². The van der Waals surface area contributed by atoms with Gasteiger partial charge in [0.1, 0.15) is 11.6 Å². The average Bonchev–Trinajstić information content (AvgIpc) is 2.56. The Bertz CT molecular complexity index is 471. The zero-order valence-corrected chi connectivity index (χ0v) is 9.77. The lowest BCUT2D eigenvalue weighted by atomic mass is 10.1. The Morgan fingerprint density at radius 1 is 1.19 bits per heavy atom. The molecule has 2 N–H and O–H groups in total. The molecule has 84 valence electrons. The van der Waals surface area contributed by atoms with Gasteiger partial charge in [0.05, 0.1) is 5.69 Å². The summed E-state index contributed by atoms with van der Waals surface area (Å²) in [6, 6.07) is 10.4. The highest BCUT2D eigenvalue weighted by Crippen LogP contribution is 2.14. The van der Waals surface area contributed by atoms with Crippen molar-refractivity contribution in [2.45, 2.75) is 19.8 Å². The van der Waals surface area contributed by atoms with Crippen molar-refractivity contribution in [2.24, 2.45) is 7.05 Å². The largest absolute Gasteiger partial charge is 0.384 e. The molecular weight excluding hydrogens is 198 g/mol. The van der Waals surface area contributed by atoms with Crippen LogP contribution in [0.4, 0.5) is 5.82 Å². The summed E-state index contributed by atoms with van der Waals surface area (Å²) < 4.78 is 1.93. The molecule has 0 spiro atoms. The zero-order chi connectivity index (χ0) is 11.5. The Hall–Kier alpha value is -1.77. The lowest BCUT2D eigenvalue weighted by Crippen LogP contribution is -2.00. The molecule has 3 heteroatoms. The number of aromatic nitrogens is 2. The van der Waals surface area contributed by atoms with Gasteiger partial charge in [-0.05, 0) is 25.3 Å². The van der Waals surface area contributed by atoms with E-state index in [2.05, 4.69) is 29.2 Å². The minimum Gasteiger partial charge on any atom is -0.384 e. The lowest BCUT2D eigenvalue weighted by molar-refractivity contribution is 0.867. The van der Waals surface area contributed by atoms with E-state index in [1.165, 1.54) is 5.56 Å². The average molecular weight is 215 g/mol. The van der Waals surface area contributed by atoms with E-state index in [1.54, 1.807) is 0 Å². The number of hydrogen-bond donors (Lipinski definition) is 1. The molecule has 2 rings (SSSR count). The summed E-state index contributed by atoms with van der Waals surface area (Å²) in [6.07, 6.45) is 1.89. The number of aryl methyl sites for hydroxylation is 3. The molecule has 3 nitrogen and oxygen atoms in total. The highest BCUT2D eigenvalue weighted by molar-refractivity contribution is 5.38. The van der Waals surface area contributed by atoms with E-state index < -0.39 is 0 Å². The van der Waals surface area contributed by atoms with E-state index in [4.69, 9.17) is 5.73 Å². The van der Waals surface area contributed by atoms with E-state index in [-0.39, 0.29) is 0 Å². The molecule has 0 fully saturated rings. The maximum Gasteiger partial charge on any atom is 0.126 e. The molecule has 16 heavy (non-hydrogen) atoms. The van der Waals surface area contributed by atoms with Crippen LogP contribution in [0.2, 0.25) is 0 Å². The monoisotopic (exact) mass is 215 g/mol. The van der Waals surface area contributed by atoms with Crippen molar-refractivity contribution in [3.63, 3.8) is 0 Å². The van der Waals surface area contributed by atoms with Gasteiger partial charge in [-0.2, -0.15) is 0 Å². The van der Waals surface area contributed by atoms with Crippen molar-refractivity contribution in [3.05, 3.63) is 47.4 Å². The summed E-state index contributed by atoms with van der Waals surface area (Å²) in [6.45, 7) is 1.97. The van der Waals surface area contributed by atoms with Gasteiger partial charge in [-0.15, -0.1) is 0 Å². The second kappa shape index (κ2) is 4.39. The van der Waals surface area contributed by atoms with Gasteiger partial charge in [0.15, 0.2) is 0 Å². The van der Waals surface area contributed by atoms with Crippen LogP contribution in [-0.2, 0) is 19.9 Å². The van der Waals surface area contributed by atoms with Crippen molar-refractivity contribution in [1.82, 2.24) is 9.55 Å². The Labute approximate surface area is 95.9 Å². The number of nitrogen functional groups attached to an aromatic ring is 1. The molecule has 0 saturated carbocycles. The first-order valence-electron chi connectivity index (χ1n) is 5.50. The summed E-state index contributed by atoms with van der Waals surface area (Å²) in [7, 11) is 1.95. The molecular formula is C13H17N3. The Morgan fingerprint density at radius 3 is 2.44 bits per heavy atom. The van der Waals surface area contributed by atoms with Crippen LogP contribution in [0.15, 0.2) is 30.3 Å². The highest BCUT2D eigenvalue weighted by Gasteiger charge is 2.08. The molecule has 0 aliphatic rings.